The van der Waals surface area contributed by atoms with E-state index >= 15 is 0 Å². The number of hydrogen-bond acceptors (Lipinski definition) is 4. The maximum absolute atomic E-state index is 12.4. The van der Waals surface area contributed by atoms with Gasteiger partial charge in [0.2, 0.25) is 11.8 Å². The average Bonchev–Trinajstić information content (AvgIpc) is 2.95. The first kappa shape index (κ1) is 20.7. The van der Waals surface area contributed by atoms with E-state index < -0.39 is 12.1 Å². The van der Waals surface area contributed by atoms with Gasteiger partial charge in [-0.2, -0.15) is 13.2 Å². The van der Waals surface area contributed by atoms with Crippen LogP contribution in [-0.2, 0) is 20.8 Å². The molecule has 1 spiro atoms. The molecule has 3 rings (SSSR count). The van der Waals surface area contributed by atoms with Crippen LogP contribution in [0.5, 0.6) is 0 Å². The normalized spacial score (nSPS) is 22.0. The summed E-state index contributed by atoms with van der Waals surface area (Å²) in [5.41, 5.74) is 0.771. The van der Waals surface area contributed by atoms with Crippen molar-refractivity contribution in [1.82, 2.24) is 15.2 Å². The second-order valence-electron chi connectivity index (χ2n) is 6.59. The Bertz CT molecular complexity index is 696. The smallest absolute Gasteiger partial charge is 0.475 e. The number of carboxylic acid groups (broad SMARTS) is 1. The van der Waals surface area contributed by atoms with Gasteiger partial charge in [0.15, 0.2) is 0 Å². The number of aliphatic carboxylic acids is 1. The van der Waals surface area contributed by atoms with Crippen LogP contribution in [0.1, 0.15) is 31.2 Å². The van der Waals surface area contributed by atoms with Crippen LogP contribution in [0.15, 0.2) is 24.5 Å². The first-order valence-corrected chi connectivity index (χ1v) is 8.39. The highest BCUT2D eigenvalue weighted by Crippen LogP contribution is 2.30. The second kappa shape index (κ2) is 8.36. The van der Waals surface area contributed by atoms with Gasteiger partial charge in [-0.1, -0.05) is 6.07 Å². The van der Waals surface area contributed by atoms with E-state index in [9.17, 15) is 22.8 Å². The molecule has 2 saturated heterocycles. The molecule has 2 aliphatic rings. The summed E-state index contributed by atoms with van der Waals surface area (Å²) in [4.78, 5) is 38.7. The van der Waals surface area contributed by atoms with Crippen molar-refractivity contribution in [3.05, 3.63) is 30.1 Å². The lowest BCUT2D eigenvalue weighted by atomic mass is 9.87. The molecule has 7 nitrogen and oxygen atoms in total. The Morgan fingerprint density at radius 3 is 2.56 bits per heavy atom. The summed E-state index contributed by atoms with van der Waals surface area (Å²) in [6.07, 6.45) is 2.12. The van der Waals surface area contributed by atoms with Crippen molar-refractivity contribution in [1.29, 1.82) is 0 Å². The molecule has 3 heterocycles. The Labute approximate surface area is 153 Å². The van der Waals surface area contributed by atoms with Crippen LogP contribution in [0.25, 0.3) is 0 Å². The summed E-state index contributed by atoms with van der Waals surface area (Å²) in [5.74, 6) is -2.52. The molecule has 148 valence electrons. The van der Waals surface area contributed by atoms with E-state index in [1.54, 1.807) is 12.4 Å². The monoisotopic (exact) mass is 387 g/mol. The number of nitrogens with one attached hydrogen (secondary N) is 1. The van der Waals surface area contributed by atoms with Crippen molar-refractivity contribution >= 4 is 17.8 Å². The van der Waals surface area contributed by atoms with Gasteiger partial charge in [-0.05, 0) is 30.9 Å². The Kier molecular flexibility index (Phi) is 6.40. The van der Waals surface area contributed by atoms with Gasteiger partial charge in [-0.25, -0.2) is 4.79 Å². The largest absolute Gasteiger partial charge is 0.490 e. The lowest BCUT2D eigenvalue weighted by Gasteiger charge is -2.40. The van der Waals surface area contributed by atoms with E-state index in [1.165, 1.54) is 0 Å². The number of amides is 2. The van der Waals surface area contributed by atoms with Crippen LogP contribution in [0.4, 0.5) is 13.2 Å². The predicted molar refractivity (Wildman–Crippen MR) is 87.6 cm³/mol. The number of rotatable bonds is 2. The number of hydrogen-bond donors (Lipinski definition) is 2. The van der Waals surface area contributed by atoms with Gasteiger partial charge in [0, 0.05) is 31.9 Å². The van der Waals surface area contributed by atoms with Crippen LogP contribution in [0, 0.1) is 0 Å². The molecule has 0 saturated carbocycles. The van der Waals surface area contributed by atoms with Crippen LogP contribution in [0.2, 0.25) is 0 Å². The van der Waals surface area contributed by atoms with E-state index in [2.05, 4.69) is 10.3 Å². The zero-order valence-electron chi connectivity index (χ0n) is 14.5. The minimum Gasteiger partial charge on any atom is -0.475 e. The SMILES string of the molecule is O=C(O)C(F)(F)F.O=C1CCC2(CCCN(C(=O)Cc3cccnc3)C2)N1. The Morgan fingerprint density at radius 1 is 1.33 bits per heavy atom. The molecule has 1 atom stereocenters. The summed E-state index contributed by atoms with van der Waals surface area (Å²) in [5, 5.41) is 10.2. The van der Waals surface area contributed by atoms with E-state index in [0.29, 0.717) is 19.4 Å². The number of carboxylic acids is 1. The molecule has 0 radical (unpaired) electrons. The van der Waals surface area contributed by atoms with Crippen molar-refractivity contribution < 1.29 is 32.7 Å². The average molecular weight is 387 g/mol. The van der Waals surface area contributed by atoms with Crippen molar-refractivity contribution in [3.8, 4) is 0 Å². The lowest BCUT2D eigenvalue weighted by Crippen LogP contribution is -2.56. The number of alkyl halides is 3. The Hall–Kier alpha value is -2.65. The Balaban J connectivity index is 0.000000321. The zero-order valence-corrected chi connectivity index (χ0v) is 14.5. The molecular formula is C17H20F3N3O4. The second-order valence-corrected chi connectivity index (χ2v) is 6.59. The number of aromatic nitrogens is 1. The van der Waals surface area contributed by atoms with E-state index in [1.807, 2.05) is 17.0 Å². The third kappa shape index (κ3) is 5.93. The molecule has 27 heavy (non-hydrogen) atoms. The standard InChI is InChI=1S/C15H19N3O2.C2HF3O2/c19-13-4-6-15(17-13)5-2-8-18(11-15)14(20)9-12-3-1-7-16-10-12;3-2(4,5)1(6)7/h1,3,7,10H,2,4-6,8-9,11H2,(H,17,19);(H,6,7). The maximum Gasteiger partial charge on any atom is 0.490 e. The Morgan fingerprint density at radius 2 is 2.04 bits per heavy atom. The summed E-state index contributed by atoms with van der Waals surface area (Å²) < 4.78 is 31.7. The van der Waals surface area contributed by atoms with Gasteiger partial charge in [-0.15, -0.1) is 0 Å². The number of carbonyl (C=O) groups excluding carboxylic acids is 2. The number of pyridine rings is 1. The molecule has 0 bridgehead atoms. The quantitative estimate of drug-likeness (QED) is 0.802. The molecule has 10 heteroatoms. The first-order valence-electron chi connectivity index (χ1n) is 8.39. The zero-order chi connectivity index (χ0) is 20.1. The summed E-state index contributed by atoms with van der Waals surface area (Å²) >= 11 is 0. The van der Waals surface area contributed by atoms with Crippen molar-refractivity contribution in [2.75, 3.05) is 13.1 Å². The van der Waals surface area contributed by atoms with Crippen LogP contribution >= 0.6 is 0 Å². The van der Waals surface area contributed by atoms with Crippen molar-refractivity contribution in [2.45, 2.75) is 43.8 Å². The van der Waals surface area contributed by atoms with Crippen molar-refractivity contribution in [2.24, 2.45) is 0 Å². The number of piperidine rings is 1. The highest BCUT2D eigenvalue weighted by atomic mass is 19.4. The summed E-state index contributed by atoms with van der Waals surface area (Å²) in [7, 11) is 0. The molecule has 1 unspecified atom stereocenters. The molecule has 2 N–H and O–H groups in total. The first-order chi connectivity index (χ1) is 12.6. The topological polar surface area (TPSA) is 99.6 Å². The lowest BCUT2D eigenvalue weighted by molar-refractivity contribution is -0.192. The fourth-order valence-electron chi connectivity index (χ4n) is 3.21. The highest BCUT2D eigenvalue weighted by molar-refractivity contribution is 5.81. The number of likely N-dealkylation sites (tertiary alicyclic amines) is 1. The maximum atomic E-state index is 12.4. The number of nitrogens with zero attached hydrogens (tertiary/aromatic N) is 2. The fourth-order valence-corrected chi connectivity index (χ4v) is 3.21. The number of halogens is 3. The van der Waals surface area contributed by atoms with Gasteiger partial charge < -0.3 is 15.3 Å². The molecule has 2 amide bonds. The third-order valence-corrected chi connectivity index (χ3v) is 4.49. The van der Waals surface area contributed by atoms with Crippen LogP contribution in [0.3, 0.4) is 0 Å². The number of carbonyl (C=O) groups is 3. The van der Waals surface area contributed by atoms with Crippen LogP contribution in [-0.4, -0.2) is 57.6 Å². The highest BCUT2D eigenvalue weighted by Gasteiger charge is 2.42. The van der Waals surface area contributed by atoms with Gasteiger partial charge in [0.05, 0.1) is 12.0 Å². The molecular weight excluding hydrogens is 367 g/mol. The minimum absolute atomic E-state index is 0.117. The van der Waals surface area contributed by atoms with Gasteiger partial charge in [-0.3, -0.25) is 14.6 Å². The third-order valence-electron chi connectivity index (χ3n) is 4.49. The molecule has 2 aliphatic heterocycles. The molecule has 0 aromatic carbocycles. The summed E-state index contributed by atoms with van der Waals surface area (Å²) in [6, 6.07) is 3.76. The molecule has 1 aromatic heterocycles. The molecule has 0 aliphatic carbocycles. The van der Waals surface area contributed by atoms with E-state index in [-0.39, 0.29) is 17.4 Å². The molecule has 1 aromatic rings. The fraction of sp³-hybridized carbons (Fsp3) is 0.529. The van der Waals surface area contributed by atoms with Gasteiger partial charge >= 0.3 is 12.1 Å². The van der Waals surface area contributed by atoms with E-state index in [0.717, 1.165) is 31.4 Å². The van der Waals surface area contributed by atoms with Crippen LogP contribution < -0.4 is 5.32 Å². The molecule has 2 fully saturated rings. The van der Waals surface area contributed by atoms with Gasteiger partial charge in [0.25, 0.3) is 0 Å². The van der Waals surface area contributed by atoms with E-state index in [4.69, 9.17) is 9.90 Å². The van der Waals surface area contributed by atoms with Gasteiger partial charge in [0.1, 0.15) is 0 Å². The minimum atomic E-state index is -5.08. The van der Waals surface area contributed by atoms with Crippen molar-refractivity contribution in [3.63, 3.8) is 0 Å². The predicted octanol–water partition coefficient (Wildman–Crippen LogP) is 1.53. The summed E-state index contributed by atoms with van der Waals surface area (Å²) in [6.45, 7) is 1.44.